The summed E-state index contributed by atoms with van der Waals surface area (Å²) in [5.41, 5.74) is 0.640. The molecule has 0 saturated carbocycles. The molecule has 138 valence electrons. The molecule has 2 saturated heterocycles. The average Bonchev–Trinajstić information content (AvgIpc) is 3.00. The number of rotatable bonds is 3. The van der Waals surface area contributed by atoms with Gasteiger partial charge in [0.05, 0.1) is 18.4 Å². The number of carbonyl (C=O) groups excluding carboxylic acids is 2. The van der Waals surface area contributed by atoms with Gasteiger partial charge in [-0.3, -0.25) is 14.5 Å². The molecule has 0 N–H and O–H groups in total. The summed E-state index contributed by atoms with van der Waals surface area (Å²) in [4.78, 5) is 31.1. The van der Waals surface area contributed by atoms with Crippen LogP contribution in [-0.4, -0.2) is 72.3 Å². The van der Waals surface area contributed by atoms with E-state index in [-0.39, 0.29) is 11.8 Å². The fourth-order valence-corrected chi connectivity index (χ4v) is 4.04. The lowest BCUT2D eigenvalue weighted by Gasteiger charge is -2.38. The Morgan fingerprint density at radius 3 is 2.28 bits per heavy atom. The molecule has 1 aromatic rings. The molecule has 0 aromatic carbocycles. The Labute approximate surface area is 149 Å². The highest BCUT2D eigenvalue weighted by Gasteiger charge is 2.29. The summed E-state index contributed by atoms with van der Waals surface area (Å²) in [6.07, 6.45) is 2.76. The average molecular weight is 347 g/mol. The summed E-state index contributed by atoms with van der Waals surface area (Å²) < 4.78 is 5.23. The van der Waals surface area contributed by atoms with Crippen LogP contribution >= 0.6 is 0 Å². The van der Waals surface area contributed by atoms with Gasteiger partial charge < -0.3 is 14.2 Å². The van der Waals surface area contributed by atoms with Gasteiger partial charge in [0.2, 0.25) is 5.91 Å². The van der Waals surface area contributed by atoms with Gasteiger partial charge in [-0.25, -0.2) is 0 Å². The third-order valence-corrected chi connectivity index (χ3v) is 5.33. The van der Waals surface area contributed by atoms with Crippen molar-refractivity contribution in [3.8, 4) is 0 Å². The van der Waals surface area contributed by atoms with E-state index in [1.165, 1.54) is 6.42 Å². The summed E-state index contributed by atoms with van der Waals surface area (Å²) in [7, 11) is 0. The largest absolute Gasteiger partial charge is 0.469 e. The fourth-order valence-electron chi connectivity index (χ4n) is 4.04. The van der Waals surface area contributed by atoms with Crippen LogP contribution in [0.3, 0.4) is 0 Å². The van der Waals surface area contributed by atoms with Crippen LogP contribution in [-0.2, 0) is 4.79 Å². The maximum Gasteiger partial charge on any atom is 0.257 e. The molecule has 0 radical (unpaired) electrons. The highest BCUT2D eigenvalue weighted by molar-refractivity contribution is 5.95. The van der Waals surface area contributed by atoms with Crippen molar-refractivity contribution in [2.24, 2.45) is 11.8 Å². The molecule has 2 aliphatic rings. The highest BCUT2D eigenvalue weighted by Crippen LogP contribution is 2.21. The van der Waals surface area contributed by atoms with Crippen LogP contribution in [0.1, 0.15) is 36.4 Å². The molecular weight excluding hydrogens is 318 g/mol. The van der Waals surface area contributed by atoms with Crippen molar-refractivity contribution >= 4 is 11.8 Å². The minimum Gasteiger partial charge on any atom is -0.469 e. The number of amides is 2. The maximum atomic E-state index is 12.6. The molecule has 6 heteroatoms. The predicted molar refractivity (Wildman–Crippen MR) is 95.3 cm³/mol. The van der Waals surface area contributed by atoms with E-state index in [1.807, 2.05) is 16.7 Å². The third-order valence-electron chi connectivity index (χ3n) is 5.33. The normalized spacial score (nSPS) is 25.2. The minimum atomic E-state index is 0.0240. The number of piperazine rings is 1. The van der Waals surface area contributed by atoms with Crippen molar-refractivity contribution in [3.05, 3.63) is 23.7 Å². The lowest BCUT2D eigenvalue weighted by molar-refractivity contribution is -0.135. The van der Waals surface area contributed by atoms with E-state index in [0.717, 1.165) is 26.2 Å². The van der Waals surface area contributed by atoms with Gasteiger partial charge in [0.25, 0.3) is 5.91 Å². The van der Waals surface area contributed by atoms with Crippen molar-refractivity contribution in [2.75, 3.05) is 45.8 Å². The Morgan fingerprint density at radius 2 is 1.72 bits per heavy atom. The number of carbonyl (C=O) groups is 2. The Hall–Kier alpha value is -1.82. The van der Waals surface area contributed by atoms with E-state index in [0.29, 0.717) is 42.8 Å². The lowest BCUT2D eigenvalue weighted by atomic mass is 9.92. The SMILES string of the molecule is Cc1occc1C(=O)N1CCN(CC(=O)N2CC(C)CC(C)C2)CC1. The Morgan fingerprint density at radius 1 is 1.08 bits per heavy atom. The summed E-state index contributed by atoms with van der Waals surface area (Å²) in [5, 5.41) is 0. The van der Waals surface area contributed by atoms with E-state index in [1.54, 1.807) is 12.3 Å². The first-order valence-corrected chi connectivity index (χ1v) is 9.27. The number of nitrogens with zero attached hydrogens (tertiary/aromatic N) is 3. The fraction of sp³-hybridized carbons (Fsp3) is 0.684. The molecule has 6 nitrogen and oxygen atoms in total. The number of aryl methyl sites for hydroxylation is 1. The number of hydrogen-bond donors (Lipinski definition) is 0. The Bertz CT molecular complexity index is 609. The van der Waals surface area contributed by atoms with Gasteiger partial charge in [-0.1, -0.05) is 13.8 Å². The van der Waals surface area contributed by atoms with Gasteiger partial charge in [0, 0.05) is 39.3 Å². The zero-order valence-electron chi connectivity index (χ0n) is 15.5. The van der Waals surface area contributed by atoms with Gasteiger partial charge in [-0.2, -0.15) is 0 Å². The zero-order chi connectivity index (χ0) is 18.0. The number of furan rings is 1. The second kappa shape index (κ2) is 7.60. The zero-order valence-corrected chi connectivity index (χ0v) is 15.5. The van der Waals surface area contributed by atoms with E-state index < -0.39 is 0 Å². The van der Waals surface area contributed by atoms with E-state index in [2.05, 4.69) is 18.7 Å². The standard InChI is InChI=1S/C19H29N3O3/c1-14-10-15(2)12-22(11-14)18(23)13-20-5-7-21(8-6-20)19(24)17-4-9-25-16(17)3/h4,9,14-15H,5-8,10-13H2,1-3H3. The van der Waals surface area contributed by atoms with E-state index >= 15 is 0 Å². The first-order chi connectivity index (χ1) is 11.9. The van der Waals surface area contributed by atoms with Crippen molar-refractivity contribution in [2.45, 2.75) is 27.2 Å². The molecule has 0 aliphatic carbocycles. The van der Waals surface area contributed by atoms with Crippen molar-refractivity contribution < 1.29 is 14.0 Å². The molecule has 3 heterocycles. The molecular formula is C19H29N3O3. The molecule has 1 aromatic heterocycles. The number of hydrogen-bond acceptors (Lipinski definition) is 4. The highest BCUT2D eigenvalue weighted by atomic mass is 16.3. The molecule has 25 heavy (non-hydrogen) atoms. The van der Waals surface area contributed by atoms with Gasteiger partial charge in [0.15, 0.2) is 0 Å². The van der Waals surface area contributed by atoms with Crippen LogP contribution < -0.4 is 0 Å². The molecule has 0 bridgehead atoms. The third kappa shape index (κ3) is 4.24. The molecule has 3 rings (SSSR count). The lowest BCUT2D eigenvalue weighted by Crippen LogP contribution is -2.53. The molecule has 0 spiro atoms. The first kappa shape index (κ1) is 18.0. The van der Waals surface area contributed by atoms with Crippen LogP contribution in [0, 0.1) is 18.8 Å². The molecule has 2 fully saturated rings. The number of likely N-dealkylation sites (tertiary alicyclic amines) is 1. The second-order valence-electron chi connectivity index (χ2n) is 7.70. The van der Waals surface area contributed by atoms with E-state index in [4.69, 9.17) is 4.42 Å². The summed E-state index contributed by atoms with van der Waals surface area (Å²) in [5.74, 6) is 2.08. The Kier molecular flexibility index (Phi) is 5.47. The van der Waals surface area contributed by atoms with Gasteiger partial charge >= 0.3 is 0 Å². The van der Waals surface area contributed by atoms with Gasteiger partial charge in [0.1, 0.15) is 5.76 Å². The smallest absolute Gasteiger partial charge is 0.257 e. The summed E-state index contributed by atoms with van der Waals surface area (Å²) >= 11 is 0. The molecule has 2 unspecified atom stereocenters. The molecule has 2 aliphatic heterocycles. The topological polar surface area (TPSA) is 57.0 Å². The monoisotopic (exact) mass is 347 g/mol. The van der Waals surface area contributed by atoms with Gasteiger partial charge in [-0.15, -0.1) is 0 Å². The van der Waals surface area contributed by atoms with Crippen LogP contribution in [0.4, 0.5) is 0 Å². The van der Waals surface area contributed by atoms with E-state index in [9.17, 15) is 9.59 Å². The maximum absolute atomic E-state index is 12.6. The summed E-state index contributed by atoms with van der Waals surface area (Å²) in [6.45, 7) is 11.3. The summed E-state index contributed by atoms with van der Waals surface area (Å²) in [6, 6.07) is 1.73. The van der Waals surface area contributed by atoms with Gasteiger partial charge in [-0.05, 0) is 31.2 Å². The van der Waals surface area contributed by atoms with Crippen LogP contribution in [0.25, 0.3) is 0 Å². The number of piperidine rings is 1. The molecule has 2 amide bonds. The van der Waals surface area contributed by atoms with Crippen LogP contribution in [0.2, 0.25) is 0 Å². The van der Waals surface area contributed by atoms with Crippen molar-refractivity contribution in [3.63, 3.8) is 0 Å². The Balaban J connectivity index is 1.48. The minimum absolute atomic E-state index is 0.0240. The van der Waals surface area contributed by atoms with Crippen LogP contribution in [0.5, 0.6) is 0 Å². The first-order valence-electron chi connectivity index (χ1n) is 9.27. The quantitative estimate of drug-likeness (QED) is 0.837. The second-order valence-corrected chi connectivity index (χ2v) is 7.70. The van der Waals surface area contributed by atoms with Crippen molar-refractivity contribution in [1.29, 1.82) is 0 Å². The van der Waals surface area contributed by atoms with Crippen molar-refractivity contribution in [1.82, 2.24) is 14.7 Å². The molecule has 2 atom stereocenters. The predicted octanol–water partition coefficient (Wildman–Crippen LogP) is 1.85. The van der Waals surface area contributed by atoms with Crippen LogP contribution in [0.15, 0.2) is 16.7 Å².